The van der Waals surface area contributed by atoms with Crippen molar-refractivity contribution in [1.29, 1.82) is 0 Å². The van der Waals surface area contributed by atoms with Crippen molar-refractivity contribution in [1.82, 2.24) is 14.5 Å². The maximum atomic E-state index is 6.81. The lowest BCUT2D eigenvalue weighted by atomic mass is 9.85. The topological polar surface area (TPSA) is 56.7 Å². The molecule has 0 saturated carbocycles. The van der Waals surface area contributed by atoms with E-state index in [0.29, 0.717) is 11.0 Å². The highest BCUT2D eigenvalue weighted by molar-refractivity contribution is 6.32. The smallest absolute Gasteiger partial charge is 0.147 e. The van der Waals surface area contributed by atoms with Gasteiger partial charge in [0.2, 0.25) is 0 Å². The highest BCUT2D eigenvalue weighted by Crippen LogP contribution is 2.45. The minimum Gasteiger partial charge on any atom is -0.383 e. The zero-order valence-corrected chi connectivity index (χ0v) is 15.4. The summed E-state index contributed by atoms with van der Waals surface area (Å²) in [5.41, 5.74) is 9.01. The Morgan fingerprint density at radius 2 is 2.00 bits per heavy atom. The number of nitrogens with zero attached hydrogens (tertiary/aromatic N) is 3. The second-order valence-electron chi connectivity index (χ2n) is 7.26. The van der Waals surface area contributed by atoms with Crippen molar-refractivity contribution in [3.8, 4) is 0 Å². The lowest BCUT2D eigenvalue weighted by Gasteiger charge is -2.26. The van der Waals surface area contributed by atoms with Gasteiger partial charge in [0.15, 0.2) is 0 Å². The third-order valence-electron chi connectivity index (χ3n) is 4.43. The van der Waals surface area contributed by atoms with Gasteiger partial charge in [-0.1, -0.05) is 23.3 Å². The Hall–Kier alpha value is -1.26. The van der Waals surface area contributed by atoms with Crippen molar-refractivity contribution < 1.29 is 0 Å². The quantitative estimate of drug-likeness (QED) is 0.589. The minimum absolute atomic E-state index is 0.00479. The molecule has 2 N–H and O–H groups in total. The fourth-order valence-corrected chi connectivity index (χ4v) is 4.22. The molecule has 3 rings (SSSR count). The summed E-state index contributed by atoms with van der Waals surface area (Å²) in [5.74, 6) is 0.479. The molecule has 1 aliphatic rings. The van der Waals surface area contributed by atoms with E-state index in [1.54, 1.807) is 0 Å². The van der Waals surface area contributed by atoms with Gasteiger partial charge in [-0.2, -0.15) is 0 Å². The molecular weight excluding hydrogens is 331 g/mol. The molecule has 0 aliphatic heterocycles. The van der Waals surface area contributed by atoms with Crippen LogP contribution in [-0.4, -0.2) is 19.9 Å². The Labute approximate surface area is 146 Å². The molecule has 2 heterocycles. The van der Waals surface area contributed by atoms with E-state index in [2.05, 4.69) is 43.7 Å². The molecule has 1 aliphatic carbocycles. The van der Waals surface area contributed by atoms with Crippen LogP contribution >= 0.6 is 23.2 Å². The van der Waals surface area contributed by atoms with Gasteiger partial charge in [0.05, 0.1) is 5.39 Å². The monoisotopic (exact) mass is 352 g/mol. The van der Waals surface area contributed by atoms with E-state index >= 15 is 0 Å². The van der Waals surface area contributed by atoms with Gasteiger partial charge in [0, 0.05) is 22.4 Å². The average Bonchev–Trinajstić information content (AvgIpc) is 2.75. The third-order valence-corrected chi connectivity index (χ3v) is 5.29. The Morgan fingerprint density at radius 1 is 1.30 bits per heavy atom. The van der Waals surface area contributed by atoms with E-state index in [1.807, 2.05) is 4.57 Å². The standard InChI is InChI=1S/C17H22Cl2N4/c1-9-5-6-11(18)10(7-9)12-13-15(20)21-8-22-16(13)23(14(12)19)17(2,3)4/h7-8,10-11H,5-6H2,1-4H3,(H2,20,21,22)/t10?,11-/m0/s1. The molecular formula is C17H22Cl2N4. The van der Waals surface area contributed by atoms with Gasteiger partial charge in [-0.25, -0.2) is 9.97 Å². The lowest BCUT2D eigenvalue weighted by molar-refractivity contribution is 0.408. The number of nitrogen functional groups attached to an aromatic ring is 1. The molecule has 0 saturated heterocycles. The van der Waals surface area contributed by atoms with E-state index < -0.39 is 0 Å². The zero-order valence-electron chi connectivity index (χ0n) is 13.9. The SMILES string of the molecule is CC1=CC(c2c(Cl)n(C(C)(C)C)c3ncnc(N)c23)[C@@H](Cl)CC1. The van der Waals surface area contributed by atoms with E-state index in [0.717, 1.165) is 29.4 Å². The van der Waals surface area contributed by atoms with Gasteiger partial charge < -0.3 is 10.3 Å². The van der Waals surface area contributed by atoms with Crippen LogP contribution in [0.5, 0.6) is 0 Å². The molecule has 0 aromatic carbocycles. The number of anilines is 1. The maximum Gasteiger partial charge on any atom is 0.147 e. The molecule has 2 aromatic heterocycles. The fourth-order valence-electron chi connectivity index (χ4n) is 3.35. The predicted octanol–water partition coefficient (Wildman–Crippen LogP) is 4.85. The number of fused-ring (bicyclic) bond motifs is 1. The molecule has 1 unspecified atom stereocenters. The summed E-state index contributed by atoms with van der Waals surface area (Å²) >= 11 is 13.4. The first kappa shape index (κ1) is 16.6. The number of rotatable bonds is 1. The van der Waals surface area contributed by atoms with Gasteiger partial charge in [-0.15, -0.1) is 11.6 Å². The van der Waals surface area contributed by atoms with Gasteiger partial charge in [0.25, 0.3) is 0 Å². The Kier molecular flexibility index (Phi) is 4.09. The van der Waals surface area contributed by atoms with Crippen molar-refractivity contribution in [3.63, 3.8) is 0 Å². The van der Waals surface area contributed by atoms with Crippen LogP contribution in [0.15, 0.2) is 18.0 Å². The second-order valence-corrected chi connectivity index (χ2v) is 8.18. The van der Waals surface area contributed by atoms with Crippen LogP contribution in [0.3, 0.4) is 0 Å². The second kappa shape index (κ2) is 5.67. The summed E-state index contributed by atoms with van der Waals surface area (Å²) in [7, 11) is 0. The van der Waals surface area contributed by atoms with Crippen molar-refractivity contribution >= 4 is 40.1 Å². The minimum atomic E-state index is -0.219. The summed E-state index contributed by atoms with van der Waals surface area (Å²) in [4.78, 5) is 8.63. The summed E-state index contributed by atoms with van der Waals surface area (Å²) < 4.78 is 2.03. The summed E-state index contributed by atoms with van der Waals surface area (Å²) in [6.07, 6.45) is 5.65. The lowest BCUT2D eigenvalue weighted by Crippen LogP contribution is -2.22. The van der Waals surface area contributed by atoms with Crippen molar-refractivity contribution in [3.05, 3.63) is 28.7 Å². The molecule has 124 valence electrons. The summed E-state index contributed by atoms with van der Waals surface area (Å²) in [6, 6.07) is 0. The number of hydrogen-bond acceptors (Lipinski definition) is 3. The van der Waals surface area contributed by atoms with Gasteiger partial charge in [-0.05, 0) is 40.5 Å². The predicted molar refractivity (Wildman–Crippen MR) is 97.3 cm³/mol. The number of aromatic nitrogens is 3. The molecule has 0 spiro atoms. The van der Waals surface area contributed by atoms with Gasteiger partial charge in [0.1, 0.15) is 22.9 Å². The van der Waals surface area contributed by atoms with Gasteiger partial charge >= 0.3 is 0 Å². The van der Waals surface area contributed by atoms with Crippen LogP contribution in [-0.2, 0) is 5.54 Å². The van der Waals surface area contributed by atoms with Crippen LogP contribution in [0.2, 0.25) is 5.15 Å². The largest absolute Gasteiger partial charge is 0.383 e. The molecule has 0 amide bonds. The van der Waals surface area contributed by atoms with Crippen LogP contribution < -0.4 is 5.73 Å². The molecule has 0 radical (unpaired) electrons. The van der Waals surface area contributed by atoms with E-state index in [-0.39, 0.29) is 16.8 Å². The molecule has 2 atom stereocenters. The normalized spacial score (nSPS) is 22.4. The van der Waals surface area contributed by atoms with E-state index in [9.17, 15) is 0 Å². The van der Waals surface area contributed by atoms with Gasteiger partial charge in [-0.3, -0.25) is 0 Å². The van der Waals surface area contributed by atoms with Crippen molar-refractivity contribution in [2.24, 2.45) is 0 Å². The van der Waals surface area contributed by atoms with Crippen molar-refractivity contribution in [2.45, 2.75) is 57.4 Å². The maximum absolute atomic E-state index is 6.81. The Morgan fingerprint density at radius 3 is 2.65 bits per heavy atom. The summed E-state index contributed by atoms with van der Waals surface area (Å²) in [5, 5.41) is 1.48. The fraction of sp³-hybridized carbons (Fsp3) is 0.529. The zero-order chi connectivity index (χ0) is 16.9. The average molecular weight is 353 g/mol. The highest BCUT2D eigenvalue weighted by atomic mass is 35.5. The van der Waals surface area contributed by atoms with Crippen LogP contribution in [0.25, 0.3) is 11.0 Å². The first-order chi connectivity index (χ1) is 10.7. The third kappa shape index (κ3) is 2.72. The van der Waals surface area contributed by atoms with E-state index in [4.69, 9.17) is 28.9 Å². The molecule has 23 heavy (non-hydrogen) atoms. The number of halogens is 2. The Bertz CT molecular complexity index is 786. The molecule has 0 bridgehead atoms. The number of hydrogen-bond donors (Lipinski definition) is 1. The van der Waals surface area contributed by atoms with Crippen LogP contribution in [0, 0.1) is 0 Å². The number of allylic oxidation sites excluding steroid dienone is 2. The molecule has 0 fully saturated rings. The number of nitrogens with two attached hydrogens (primary N) is 1. The molecule has 6 heteroatoms. The van der Waals surface area contributed by atoms with Crippen LogP contribution in [0.1, 0.15) is 52.0 Å². The Balaban J connectivity index is 2.37. The molecule has 2 aromatic rings. The summed E-state index contributed by atoms with van der Waals surface area (Å²) in [6.45, 7) is 8.42. The molecule has 4 nitrogen and oxygen atoms in total. The van der Waals surface area contributed by atoms with Crippen molar-refractivity contribution in [2.75, 3.05) is 5.73 Å². The first-order valence-electron chi connectivity index (χ1n) is 7.84. The van der Waals surface area contributed by atoms with Crippen LogP contribution in [0.4, 0.5) is 5.82 Å². The van der Waals surface area contributed by atoms with E-state index in [1.165, 1.54) is 11.9 Å². The number of alkyl halides is 1. The first-order valence-corrected chi connectivity index (χ1v) is 8.65. The highest BCUT2D eigenvalue weighted by Gasteiger charge is 2.33.